The highest BCUT2D eigenvalue weighted by Gasteiger charge is 2.26. The number of ether oxygens (including phenoxy) is 3. The van der Waals surface area contributed by atoms with Crippen molar-refractivity contribution in [2.24, 2.45) is 5.73 Å². The summed E-state index contributed by atoms with van der Waals surface area (Å²) in [6.45, 7) is 0.0687. The maximum absolute atomic E-state index is 12.7. The van der Waals surface area contributed by atoms with Crippen molar-refractivity contribution in [2.75, 3.05) is 20.8 Å². The van der Waals surface area contributed by atoms with Crippen LogP contribution >= 0.6 is 0 Å². The first-order chi connectivity index (χ1) is 18.3. The highest BCUT2D eigenvalue weighted by atomic mass is 16.5. The van der Waals surface area contributed by atoms with E-state index in [1.807, 2.05) is 42.5 Å². The number of rotatable bonds is 10. The third-order valence-corrected chi connectivity index (χ3v) is 6.11. The van der Waals surface area contributed by atoms with Crippen molar-refractivity contribution in [3.63, 3.8) is 0 Å². The van der Waals surface area contributed by atoms with Crippen molar-refractivity contribution >= 4 is 45.6 Å². The summed E-state index contributed by atoms with van der Waals surface area (Å²) in [4.78, 5) is 48.7. The number of nitrogens with zero attached hydrogens (tertiary/aromatic N) is 1. The fraction of sp³-hybridized carbons (Fsp3) is 0.214. The number of carbonyl (C=O) groups excluding carboxylic acids is 4. The molecule has 0 fully saturated rings. The van der Waals surface area contributed by atoms with E-state index in [1.165, 1.54) is 7.11 Å². The Morgan fingerprint density at radius 1 is 0.868 bits per heavy atom. The van der Waals surface area contributed by atoms with E-state index < -0.39 is 36.4 Å². The van der Waals surface area contributed by atoms with E-state index in [-0.39, 0.29) is 6.42 Å². The van der Waals surface area contributed by atoms with Crippen LogP contribution in [-0.4, -0.2) is 55.2 Å². The molecule has 0 radical (unpaired) electrons. The van der Waals surface area contributed by atoms with Gasteiger partial charge in [0.05, 0.1) is 37.1 Å². The van der Waals surface area contributed by atoms with Crippen LogP contribution in [0.15, 0.2) is 66.7 Å². The van der Waals surface area contributed by atoms with Gasteiger partial charge in [-0.2, -0.15) is 0 Å². The number of nitrogens with two attached hydrogens (primary N) is 1. The van der Waals surface area contributed by atoms with Crippen molar-refractivity contribution in [2.45, 2.75) is 19.0 Å². The molecule has 0 spiro atoms. The molecule has 10 nitrogen and oxygen atoms in total. The number of carbonyl (C=O) groups is 4. The first-order valence-corrected chi connectivity index (χ1v) is 11.8. The predicted octanol–water partition coefficient (Wildman–Crippen LogP) is 2.54. The van der Waals surface area contributed by atoms with Crippen LogP contribution in [0.5, 0.6) is 5.75 Å². The monoisotopic (exact) mass is 517 g/mol. The van der Waals surface area contributed by atoms with Crippen molar-refractivity contribution in [3.8, 4) is 5.75 Å². The summed E-state index contributed by atoms with van der Waals surface area (Å²) in [5, 5.41) is 3.67. The highest BCUT2D eigenvalue weighted by Crippen LogP contribution is 2.38. The zero-order valence-electron chi connectivity index (χ0n) is 20.9. The topological polar surface area (TPSA) is 139 Å². The fourth-order valence-electron chi connectivity index (χ4n) is 4.38. The number of aromatic nitrogens is 1. The Hall–Kier alpha value is -4.86. The standard InChI is InChI=1S/C28H27N3O7/c1-36-24(33)14-19(28(35)37-2)30-23(32)16-38-22-13-7-12-21-26(22)25-18(27(29)34)10-6-11-20(25)31(21)15-17-8-4-3-5-9-17/h3-13,19H,14-16H2,1-2H3,(H2,29,34)(H,30,32)/t19-/m1/s1. The van der Waals surface area contributed by atoms with E-state index in [9.17, 15) is 19.2 Å². The van der Waals surface area contributed by atoms with E-state index in [2.05, 4.69) is 19.4 Å². The summed E-state index contributed by atoms with van der Waals surface area (Å²) in [7, 11) is 2.33. The minimum atomic E-state index is -1.23. The summed E-state index contributed by atoms with van der Waals surface area (Å²) in [5.41, 5.74) is 8.66. The molecule has 2 amide bonds. The molecule has 4 aromatic rings. The Labute approximate surface area is 218 Å². The van der Waals surface area contributed by atoms with Gasteiger partial charge in [0.1, 0.15) is 11.8 Å². The molecule has 0 unspecified atom stereocenters. The van der Waals surface area contributed by atoms with E-state index in [4.69, 9.17) is 10.5 Å². The minimum absolute atomic E-state index is 0.323. The lowest BCUT2D eigenvalue weighted by Gasteiger charge is -2.16. The van der Waals surface area contributed by atoms with Crippen molar-refractivity contribution in [3.05, 3.63) is 77.9 Å². The smallest absolute Gasteiger partial charge is 0.328 e. The molecule has 0 aliphatic rings. The van der Waals surface area contributed by atoms with Gasteiger partial charge in [0, 0.05) is 17.5 Å². The van der Waals surface area contributed by atoms with Crippen LogP contribution in [0.2, 0.25) is 0 Å². The molecule has 1 heterocycles. The quantitative estimate of drug-likeness (QED) is 0.308. The Balaban J connectivity index is 1.70. The number of hydrogen-bond acceptors (Lipinski definition) is 7. The van der Waals surface area contributed by atoms with Gasteiger partial charge in [-0.05, 0) is 29.8 Å². The maximum atomic E-state index is 12.7. The van der Waals surface area contributed by atoms with Crippen molar-refractivity contribution in [1.82, 2.24) is 9.88 Å². The van der Waals surface area contributed by atoms with E-state index in [0.29, 0.717) is 28.6 Å². The van der Waals surface area contributed by atoms with E-state index in [1.54, 1.807) is 24.3 Å². The van der Waals surface area contributed by atoms with Gasteiger partial charge in [-0.1, -0.05) is 42.5 Å². The summed E-state index contributed by atoms with van der Waals surface area (Å²) in [6.07, 6.45) is -0.389. The molecule has 0 saturated heterocycles. The zero-order valence-corrected chi connectivity index (χ0v) is 20.9. The lowest BCUT2D eigenvalue weighted by Crippen LogP contribution is -2.44. The Morgan fingerprint density at radius 3 is 2.21 bits per heavy atom. The third kappa shape index (κ3) is 5.44. The SMILES string of the molecule is COC(=O)C[C@@H](NC(=O)COc1cccc2c1c1c(C(N)=O)cccc1n2Cc1ccccc1)C(=O)OC. The van der Waals surface area contributed by atoms with Gasteiger partial charge in [0.2, 0.25) is 5.91 Å². The molecule has 38 heavy (non-hydrogen) atoms. The summed E-state index contributed by atoms with van der Waals surface area (Å²) in [5.74, 6) is -2.36. The molecule has 196 valence electrons. The number of primary amides is 1. The van der Waals surface area contributed by atoms with Gasteiger partial charge >= 0.3 is 11.9 Å². The molecule has 0 aliphatic heterocycles. The number of nitrogens with one attached hydrogen (secondary N) is 1. The van der Waals surface area contributed by atoms with E-state index in [0.717, 1.165) is 23.7 Å². The molecule has 1 aromatic heterocycles. The van der Waals surface area contributed by atoms with Crippen LogP contribution in [0.1, 0.15) is 22.3 Å². The second-order valence-corrected chi connectivity index (χ2v) is 8.50. The Bertz CT molecular complexity index is 1510. The average Bonchev–Trinajstić information content (AvgIpc) is 3.25. The average molecular weight is 518 g/mol. The van der Waals surface area contributed by atoms with Crippen molar-refractivity contribution in [1.29, 1.82) is 0 Å². The number of benzene rings is 3. The first kappa shape index (κ1) is 26.2. The zero-order chi connectivity index (χ0) is 27.2. The predicted molar refractivity (Wildman–Crippen MR) is 140 cm³/mol. The Morgan fingerprint density at radius 2 is 1.55 bits per heavy atom. The van der Waals surface area contributed by atoms with Gasteiger partial charge in [0.25, 0.3) is 5.91 Å². The number of methoxy groups -OCH3 is 2. The van der Waals surface area contributed by atoms with Gasteiger partial charge < -0.3 is 29.8 Å². The van der Waals surface area contributed by atoms with Crippen LogP contribution in [0, 0.1) is 0 Å². The Kier molecular flexibility index (Phi) is 7.91. The van der Waals surface area contributed by atoms with Crippen molar-refractivity contribution < 1.29 is 33.4 Å². The molecule has 4 rings (SSSR count). The lowest BCUT2D eigenvalue weighted by molar-refractivity contribution is -0.150. The molecule has 3 N–H and O–H groups in total. The highest BCUT2D eigenvalue weighted by molar-refractivity contribution is 6.19. The number of esters is 2. The molecule has 0 saturated carbocycles. The van der Waals surface area contributed by atoms with Gasteiger partial charge in [-0.3, -0.25) is 14.4 Å². The molecular formula is C28H27N3O7. The number of fused-ring (bicyclic) bond motifs is 3. The second-order valence-electron chi connectivity index (χ2n) is 8.50. The summed E-state index contributed by atoms with van der Waals surface area (Å²) >= 11 is 0. The largest absolute Gasteiger partial charge is 0.483 e. The van der Waals surface area contributed by atoms with Gasteiger partial charge in [0.15, 0.2) is 6.61 Å². The van der Waals surface area contributed by atoms with Crippen LogP contribution in [0.4, 0.5) is 0 Å². The molecule has 0 bridgehead atoms. The van der Waals surface area contributed by atoms with Gasteiger partial charge in [-0.25, -0.2) is 4.79 Å². The molecule has 1 atom stereocenters. The van der Waals surface area contributed by atoms with Crippen LogP contribution in [0.3, 0.4) is 0 Å². The van der Waals surface area contributed by atoms with Crippen LogP contribution in [-0.2, 0) is 30.4 Å². The number of amides is 2. The molecule has 3 aromatic carbocycles. The van der Waals surface area contributed by atoms with Crippen LogP contribution in [0.25, 0.3) is 21.8 Å². The third-order valence-electron chi connectivity index (χ3n) is 6.11. The van der Waals surface area contributed by atoms with E-state index >= 15 is 0 Å². The minimum Gasteiger partial charge on any atom is -0.483 e. The second kappa shape index (κ2) is 11.5. The number of hydrogen-bond donors (Lipinski definition) is 2. The lowest BCUT2D eigenvalue weighted by atomic mass is 10.1. The molecule has 0 aliphatic carbocycles. The maximum Gasteiger partial charge on any atom is 0.328 e. The first-order valence-electron chi connectivity index (χ1n) is 11.8. The van der Waals surface area contributed by atoms with Gasteiger partial charge in [-0.15, -0.1) is 0 Å². The van der Waals surface area contributed by atoms with Crippen LogP contribution < -0.4 is 15.8 Å². The normalized spacial score (nSPS) is 11.6. The fourth-order valence-corrected chi connectivity index (χ4v) is 4.38. The molecule has 10 heteroatoms. The summed E-state index contributed by atoms with van der Waals surface area (Å²) in [6, 6.07) is 19.3. The summed E-state index contributed by atoms with van der Waals surface area (Å²) < 4.78 is 17.2. The molecular weight excluding hydrogens is 490 g/mol.